The Bertz CT molecular complexity index is 406. The zero-order valence-corrected chi connectivity index (χ0v) is 10.8. The van der Waals surface area contributed by atoms with E-state index in [9.17, 15) is 9.59 Å². The average molecular weight is 312 g/mol. The van der Waals surface area contributed by atoms with Crippen molar-refractivity contribution >= 4 is 51.4 Å². The summed E-state index contributed by atoms with van der Waals surface area (Å²) < 4.78 is 5.49. The van der Waals surface area contributed by atoms with Crippen molar-refractivity contribution in [2.24, 2.45) is 0 Å². The quantitative estimate of drug-likeness (QED) is 0.367. The molecular weight excluding hydrogens is 306 g/mol. The zero-order valence-electron chi connectivity index (χ0n) is 7.62. The van der Waals surface area contributed by atoms with Crippen LogP contribution in [-0.4, -0.2) is 25.3 Å². The number of rotatable bonds is 3. The van der Waals surface area contributed by atoms with Crippen LogP contribution in [0.5, 0.6) is 5.75 Å². The molecule has 0 aliphatic rings. The molecule has 0 bridgehead atoms. The van der Waals surface area contributed by atoms with Crippen LogP contribution in [0, 0.1) is 0 Å². The molecule has 0 amide bonds. The summed E-state index contributed by atoms with van der Waals surface area (Å²) in [6, 6.07) is 4.61. The van der Waals surface area contributed by atoms with Crippen LogP contribution in [0.15, 0.2) is 18.2 Å². The minimum atomic E-state index is -0.610. The fourth-order valence-electron chi connectivity index (χ4n) is 0.959. The number of ether oxygens (including phenoxy) is 1. The number of benzene rings is 1. The second kappa shape index (κ2) is 5.52. The number of esters is 1. The molecule has 0 aliphatic carbocycles. The van der Waals surface area contributed by atoms with Crippen LogP contribution in [-0.2, 0) is 4.79 Å². The number of carbonyl (C=O) groups is 2. The van der Waals surface area contributed by atoms with Crippen molar-refractivity contribution < 1.29 is 14.3 Å². The van der Waals surface area contributed by atoms with Gasteiger partial charge in [0.1, 0.15) is 0 Å². The van der Waals surface area contributed by atoms with E-state index >= 15 is 0 Å². The Balaban J connectivity index is 3.10. The zero-order chi connectivity index (χ0) is 11.4. The monoisotopic (exact) mass is 312 g/mol. The van der Waals surface area contributed by atoms with E-state index < -0.39 is 11.2 Å². The molecule has 80 valence electrons. The molecule has 3 nitrogen and oxygen atoms in total. The molecule has 0 spiro atoms. The van der Waals surface area contributed by atoms with Gasteiger partial charge in [0.05, 0.1) is 0 Å². The van der Waals surface area contributed by atoms with Gasteiger partial charge in [-0.25, -0.2) is 0 Å². The SMILES string of the molecule is CC(=O)Oc1ccc([Se]Cl)c(C(=O)Cl)c1. The Hall–Kier alpha value is -0.541. The standard InChI is InChI=1S/C9H6Cl2O3Se/c1-5(12)14-6-2-3-8(15-11)7(4-6)9(10)13/h2-4H,1H3. The van der Waals surface area contributed by atoms with Crippen molar-refractivity contribution in [3.8, 4) is 5.75 Å². The van der Waals surface area contributed by atoms with Crippen LogP contribution in [0.3, 0.4) is 0 Å². The maximum absolute atomic E-state index is 11.0. The van der Waals surface area contributed by atoms with Crippen molar-refractivity contribution in [3.05, 3.63) is 23.8 Å². The first kappa shape index (κ1) is 12.5. The van der Waals surface area contributed by atoms with Gasteiger partial charge in [0.2, 0.25) is 0 Å². The Kier molecular flexibility index (Phi) is 4.61. The van der Waals surface area contributed by atoms with E-state index in [4.69, 9.17) is 26.4 Å². The fourth-order valence-corrected chi connectivity index (χ4v) is 2.69. The number of halogens is 2. The van der Waals surface area contributed by atoms with Gasteiger partial charge in [-0.2, -0.15) is 0 Å². The van der Waals surface area contributed by atoms with Gasteiger partial charge in [0.15, 0.2) is 0 Å². The van der Waals surface area contributed by atoms with Gasteiger partial charge in [-0.05, 0) is 0 Å². The summed E-state index contributed by atoms with van der Waals surface area (Å²) in [6.07, 6.45) is 0. The molecule has 0 aromatic heterocycles. The van der Waals surface area contributed by atoms with Crippen LogP contribution in [0.25, 0.3) is 0 Å². The topological polar surface area (TPSA) is 43.4 Å². The molecule has 0 saturated carbocycles. The molecule has 1 rings (SSSR count). The van der Waals surface area contributed by atoms with Gasteiger partial charge in [-0.3, -0.25) is 0 Å². The van der Waals surface area contributed by atoms with Gasteiger partial charge >= 0.3 is 102 Å². The van der Waals surface area contributed by atoms with E-state index in [2.05, 4.69) is 0 Å². The molecule has 0 atom stereocenters. The predicted octanol–water partition coefficient (Wildman–Crippen LogP) is 1.47. The molecule has 0 aliphatic heterocycles. The van der Waals surface area contributed by atoms with Gasteiger partial charge in [-0.15, -0.1) is 0 Å². The second-order valence-corrected chi connectivity index (χ2v) is 4.99. The molecule has 0 fully saturated rings. The Morgan fingerprint density at radius 3 is 2.53 bits per heavy atom. The van der Waals surface area contributed by atoms with Gasteiger partial charge in [-0.1, -0.05) is 0 Å². The van der Waals surface area contributed by atoms with Crippen molar-refractivity contribution in [3.63, 3.8) is 0 Å². The van der Waals surface area contributed by atoms with Crippen LogP contribution < -0.4 is 9.20 Å². The van der Waals surface area contributed by atoms with E-state index in [-0.39, 0.29) is 25.4 Å². The van der Waals surface area contributed by atoms with E-state index in [0.717, 1.165) is 0 Å². The predicted molar refractivity (Wildman–Crippen MR) is 59.2 cm³/mol. The molecular formula is C9H6Cl2O3Se. The first-order chi connectivity index (χ1) is 7.04. The third-order valence-electron chi connectivity index (χ3n) is 1.51. The molecule has 0 N–H and O–H groups in total. The number of carbonyl (C=O) groups excluding carboxylic acids is 2. The van der Waals surface area contributed by atoms with Crippen molar-refractivity contribution in [2.75, 3.05) is 0 Å². The van der Waals surface area contributed by atoms with Crippen LogP contribution >= 0.6 is 21.7 Å². The van der Waals surface area contributed by atoms with E-state index in [0.29, 0.717) is 4.46 Å². The Morgan fingerprint density at radius 2 is 2.07 bits per heavy atom. The average Bonchev–Trinajstić information content (AvgIpc) is 2.16. The summed E-state index contributed by atoms with van der Waals surface area (Å²) in [5, 5.41) is -0.610. The summed E-state index contributed by atoms with van der Waals surface area (Å²) in [5.41, 5.74) is 0.283. The summed E-state index contributed by atoms with van der Waals surface area (Å²) in [6.45, 7) is 1.28. The number of hydrogen-bond acceptors (Lipinski definition) is 3. The Labute approximate surface area is 102 Å². The van der Waals surface area contributed by atoms with Gasteiger partial charge in [0.25, 0.3) is 0 Å². The molecule has 15 heavy (non-hydrogen) atoms. The van der Waals surface area contributed by atoms with Gasteiger partial charge in [0, 0.05) is 0 Å². The molecule has 0 saturated heterocycles. The second-order valence-electron chi connectivity index (χ2n) is 2.60. The molecule has 0 radical (unpaired) electrons. The first-order valence-corrected chi connectivity index (χ1v) is 7.34. The Morgan fingerprint density at radius 1 is 1.40 bits per heavy atom. The normalized spacial score (nSPS) is 9.80. The molecule has 6 heteroatoms. The van der Waals surface area contributed by atoms with Crippen molar-refractivity contribution in [1.82, 2.24) is 0 Å². The number of hydrogen-bond donors (Lipinski definition) is 0. The first-order valence-electron chi connectivity index (χ1n) is 3.85. The molecule has 1 aromatic rings. The molecule has 0 unspecified atom stereocenters. The summed E-state index contributed by atoms with van der Waals surface area (Å²) in [7, 11) is 5.68. The third-order valence-corrected chi connectivity index (χ3v) is 3.67. The summed E-state index contributed by atoms with van der Waals surface area (Å²) in [4.78, 5) is 21.7. The summed E-state index contributed by atoms with van der Waals surface area (Å²) in [5.74, 6) is -0.164. The third kappa shape index (κ3) is 3.50. The van der Waals surface area contributed by atoms with Crippen LogP contribution in [0.2, 0.25) is 0 Å². The maximum atomic E-state index is 11.0. The van der Waals surface area contributed by atoms with Crippen LogP contribution in [0.4, 0.5) is 0 Å². The summed E-state index contributed by atoms with van der Waals surface area (Å²) >= 11 is 5.02. The van der Waals surface area contributed by atoms with Crippen LogP contribution in [0.1, 0.15) is 17.3 Å². The molecule has 0 heterocycles. The van der Waals surface area contributed by atoms with Gasteiger partial charge < -0.3 is 0 Å². The van der Waals surface area contributed by atoms with E-state index in [1.165, 1.54) is 13.0 Å². The van der Waals surface area contributed by atoms with E-state index in [1.54, 1.807) is 12.1 Å². The fraction of sp³-hybridized carbons (Fsp3) is 0.111. The van der Waals surface area contributed by atoms with Crippen molar-refractivity contribution in [1.29, 1.82) is 0 Å². The minimum absolute atomic E-state index is 0.283. The molecule has 1 aromatic carbocycles. The van der Waals surface area contributed by atoms with E-state index in [1.807, 2.05) is 0 Å². The van der Waals surface area contributed by atoms with Crippen molar-refractivity contribution in [2.45, 2.75) is 6.92 Å².